The molecule has 0 fully saturated rings. The van der Waals surface area contributed by atoms with Gasteiger partial charge in [0, 0.05) is 5.56 Å². The molecule has 3 aromatic rings. The summed E-state index contributed by atoms with van der Waals surface area (Å²) < 4.78 is 2.42. The third kappa shape index (κ3) is 2.38. The largest absolute Gasteiger partial charge is 0.357 e. The fourth-order valence-electron chi connectivity index (χ4n) is 1.78. The van der Waals surface area contributed by atoms with Crippen molar-refractivity contribution in [3.05, 3.63) is 58.5 Å². The molecule has 5 nitrogen and oxygen atoms in total. The van der Waals surface area contributed by atoms with Gasteiger partial charge in [-0.1, -0.05) is 30.3 Å². The second-order valence-corrected chi connectivity index (χ2v) is 4.74. The number of anilines is 1. The molecule has 1 amide bonds. The zero-order chi connectivity index (χ0) is 13.2. The molecule has 0 radical (unpaired) electrons. The second-order valence-electron chi connectivity index (χ2n) is 3.94. The molecule has 0 atom stereocenters. The van der Waals surface area contributed by atoms with E-state index in [1.165, 1.54) is 0 Å². The van der Waals surface area contributed by atoms with Crippen LogP contribution < -0.4 is 11.0 Å². The number of carbonyl (C=O) groups is 1. The average molecular weight is 271 g/mol. The summed E-state index contributed by atoms with van der Waals surface area (Å²) in [6.07, 6.45) is 0. The molecular weight excluding hydrogens is 262 g/mol. The van der Waals surface area contributed by atoms with Gasteiger partial charge in [-0.2, -0.15) is 4.98 Å². The van der Waals surface area contributed by atoms with Crippen molar-refractivity contribution in [2.24, 2.45) is 0 Å². The molecule has 94 valence electrons. The number of rotatable bonds is 2. The summed E-state index contributed by atoms with van der Waals surface area (Å²) in [6, 6.07) is 13.2. The Hall–Kier alpha value is -2.47. The topological polar surface area (TPSA) is 74.8 Å². The molecule has 0 bridgehead atoms. The van der Waals surface area contributed by atoms with Crippen LogP contribution in [-0.2, 0) is 0 Å². The van der Waals surface area contributed by atoms with Gasteiger partial charge in [-0.05, 0) is 34.4 Å². The molecule has 3 rings (SSSR count). The Morgan fingerprint density at radius 2 is 1.95 bits per heavy atom. The minimum atomic E-state index is -0.459. The normalized spacial score (nSPS) is 10.5. The molecule has 0 saturated carbocycles. The zero-order valence-electron chi connectivity index (χ0n) is 9.71. The number of aromatic nitrogens is 2. The number of aromatic amines is 1. The minimum Gasteiger partial charge on any atom is -0.297 e. The van der Waals surface area contributed by atoms with Gasteiger partial charge < -0.3 is 0 Å². The predicted octanol–water partition coefficient (Wildman–Crippen LogP) is 2.24. The number of carbonyl (C=O) groups excluding carboxylic acids is 1. The average Bonchev–Trinajstić information content (AvgIpc) is 2.83. The lowest BCUT2D eigenvalue weighted by atomic mass is 10.1. The van der Waals surface area contributed by atoms with Crippen LogP contribution in [0.3, 0.4) is 0 Å². The van der Waals surface area contributed by atoms with Crippen LogP contribution in [0.5, 0.6) is 0 Å². The quantitative estimate of drug-likeness (QED) is 0.750. The van der Waals surface area contributed by atoms with E-state index in [0.717, 1.165) is 22.3 Å². The lowest BCUT2D eigenvalue weighted by Gasteiger charge is -2.03. The van der Waals surface area contributed by atoms with E-state index < -0.39 is 5.69 Å². The van der Waals surface area contributed by atoms with Gasteiger partial charge in [-0.3, -0.25) is 14.5 Å². The predicted molar refractivity (Wildman–Crippen MR) is 74.6 cm³/mol. The highest BCUT2D eigenvalue weighted by Crippen LogP contribution is 2.16. The Morgan fingerprint density at radius 3 is 2.68 bits per heavy atom. The maximum absolute atomic E-state index is 12.0. The molecule has 0 saturated heterocycles. The standard InChI is InChI=1S/C13H9N3O2S/c17-11(14-13-15-12(18)16-19-13)10-6-5-8-3-1-2-4-9(8)7-10/h1-7H,(H2,14,15,16,17,18). The first kappa shape index (κ1) is 11.6. The summed E-state index contributed by atoms with van der Waals surface area (Å²) in [4.78, 5) is 26.5. The van der Waals surface area contributed by atoms with Gasteiger partial charge in [0.25, 0.3) is 5.91 Å². The van der Waals surface area contributed by atoms with Gasteiger partial charge >= 0.3 is 5.69 Å². The first-order chi connectivity index (χ1) is 9.22. The van der Waals surface area contributed by atoms with Gasteiger partial charge in [-0.15, -0.1) is 0 Å². The molecule has 19 heavy (non-hydrogen) atoms. The lowest BCUT2D eigenvalue weighted by molar-refractivity contribution is 0.102. The number of fused-ring (bicyclic) bond motifs is 1. The van der Waals surface area contributed by atoms with E-state index in [2.05, 4.69) is 14.7 Å². The van der Waals surface area contributed by atoms with Gasteiger partial charge in [0.05, 0.1) is 0 Å². The molecule has 1 heterocycles. The fraction of sp³-hybridized carbons (Fsp3) is 0. The van der Waals surface area contributed by atoms with Crippen molar-refractivity contribution >= 4 is 33.3 Å². The van der Waals surface area contributed by atoms with Gasteiger partial charge in [0.2, 0.25) is 5.13 Å². The third-order valence-corrected chi connectivity index (χ3v) is 3.33. The Kier molecular flexibility index (Phi) is 2.85. The minimum absolute atomic E-state index is 0.267. The summed E-state index contributed by atoms with van der Waals surface area (Å²) in [5.41, 5.74) is 0.0696. The van der Waals surface area contributed by atoms with Crippen molar-refractivity contribution in [2.75, 3.05) is 5.32 Å². The molecule has 0 aliphatic carbocycles. The van der Waals surface area contributed by atoms with Crippen LogP contribution in [0, 0.1) is 0 Å². The molecule has 0 aliphatic rings. The molecule has 2 aromatic carbocycles. The first-order valence-electron chi connectivity index (χ1n) is 5.58. The van der Waals surface area contributed by atoms with Crippen molar-refractivity contribution in [1.82, 2.24) is 9.36 Å². The summed E-state index contributed by atoms with van der Waals surface area (Å²) >= 11 is 0.996. The zero-order valence-corrected chi connectivity index (χ0v) is 10.5. The van der Waals surface area contributed by atoms with E-state index in [1.54, 1.807) is 12.1 Å². The summed E-state index contributed by atoms with van der Waals surface area (Å²) in [7, 11) is 0. The van der Waals surface area contributed by atoms with Gasteiger partial charge in [0.15, 0.2) is 0 Å². The van der Waals surface area contributed by atoms with Crippen LogP contribution in [0.1, 0.15) is 10.4 Å². The van der Waals surface area contributed by atoms with Crippen LogP contribution >= 0.6 is 11.5 Å². The highest BCUT2D eigenvalue weighted by atomic mass is 32.1. The van der Waals surface area contributed by atoms with Crippen LogP contribution in [0.2, 0.25) is 0 Å². The SMILES string of the molecule is O=C(Nc1nc(=O)[nH]s1)c1ccc2ccccc2c1. The third-order valence-electron chi connectivity index (χ3n) is 2.67. The maximum Gasteiger partial charge on any atom is 0.357 e. The Balaban J connectivity index is 1.91. The number of nitrogens with zero attached hydrogens (tertiary/aromatic N) is 1. The number of hydrogen-bond donors (Lipinski definition) is 2. The monoisotopic (exact) mass is 271 g/mol. The van der Waals surface area contributed by atoms with Crippen molar-refractivity contribution in [2.45, 2.75) is 0 Å². The van der Waals surface area contributed by atoms with E-state index in [9.17, 15) is 9.59 Å². The van der Waals surface area contributed by atoms with Gasteiger partial charge in [0.1, 0.15) is 0 Å². The first-order valence-corrected chi connectivity index (χ1v) is 6.40. The molecule has 6 heteroatoms. The van der Waals surface area contributed by atoms with E-state index in [-0.39, 0.29) is 11.0 Å². The number of hydrogen-bond acceptors (Lipinski definition) is 4. The Bertz CT molecular complexity index is 807. The molecule has 0 aliphatic heterocycles. The van der Waals surface area contributed by atoms with E-state index in [4.69, 9.17) is 0 Å². The number of benzene rings is 2. The summed E-state index contributed by atoms with van der Waals surface area (Å²) in [5, 5.41) is 4.91. The van der Waals surface area contributed by atoms with Crippen LogP contribution in [0.15, 0.2) is 47.3 Å². The van der Waals surface area contributed by atoms with E-state index >= 15 is 0 Å². The van der Waals surface area contributed by atoms with Crippen LogP contribution in [-0.4, -0.2) is 15.3 Å². The number of nitrogens with one attached hydrogen (secondary N) is 2. The number of amides is 1. The Labute approximate surface area is 112 Å². The molecule has 1 aromatic heterocycles. The van der Waals surface area contributed by atoms with Crippen molar-refractivity contribution in [1.29, 1.82) is 0 Å². The molecule has 0 spiro atoms. The van der Waals surface area contributed by atoms with Gasteiger partial charge in [-0.25, -0.2) is 4.79 Å². The molecule has 0 unspecified atom stereocenters. The van der Waals surface area contributed by atoms with E-state index in [1.807, 2.05) is 30.3 Å². The number of H-pyrrole nitrogens is 1. The Morgan fingerprint density at radius 1 is 1.16 bits per heavy atom. The summed E-state index contributed by atoms with van der Waals surface area (Å²) in [6.45, 7) is 0. The van der Waals surface area contributed by atoms with Crippen molar-refractivity contribution in [3.63, 3.8) is 0 Å². The van der Waals surface area contributed by atoms with Crippen molar-refractivity contribution in [3.8, 4) is 0 Å². The van der Waals surface area contributed by atoms with Crippen LogP contribution in [0.25, 0.3) is 10.8 Å². The second kappa shape index (κ2) is 4.66. The fourth-order valence-corrected chi connectivity index (χ4v) is 2.29. The molecular formula is C13H9N3O2S. The smallest absolute Gasteiger partial charge is 0.297 e. The molecule has 2 N–H and O–H groups in total. The van der Waals surface area contributed by atoms with Crippen molar-refractivity contribution < 1.29 is 4.79 Å². The van der Waals surface area contributed by atoms with Crippen LogP contribution in [0.4, 0.5) is 5.13 Å². The highest BCUT2D eigenvalue weighted by Gasteiger charge is 2.09. The summed E-state index contributed by atoms with van der Waals surface area (Å²) in [5.74, 6) is -0.284. The van der Waals surface area contributed by atoms with E-state index in [0.29, 0.717) is 5.56 Å². The lowest BCUT2D eigenvalue weighted by Crippen LogP contribution is -2.12. The highest BCUT2D eigenvalue weighted by molar-refractivity contribution is 7.09. The maximum atomic E-state index is 12.0.